The number of amidine groups is 1. The van der Waals surface area contributed by atoms with Gasteiger partial charge in [-0.15, -0.1) is 0 Å². The number of allylic oxidation sites excluding steroid dienone is 1. The first-order chi connectivity index (χ1) is 4.81. The number of nitrogens with zero attached hydrogens (tertiary/aromatic N) is 2. The van der Waals surface area contributed by atoms with E-state index in [0.717, 1.165) is 5.84 Å². The molecule has 0 aliphatic rings. The second-order valence-electron chi connectivity index (χ2n) is 1.28. The van der Waals surface area contributed by atoms with Crippen molar-refractivity contribution >= 4 is 12.1 Å². The third-order valence-corrected chi connectivity index (χ3v) is 0.690. The number of rotatable bonds is 1. The quantitative estimate of drug-likeness (QED) is 0.394. The lowest BCUT2D eigenvalue weighted by atomic mass is 10.6. The van der Waals surface area contributed by atoms with Crippen LogP contribution in [0.1, 0.15) is 20.8 Å². The van der Waals surface area contributed by atoms with Crippen LogP contribution in [0.3, 0.4) is 0 Å². The average molecular weight is 140 g/mol. The van der Waals surface area contributed by atoms with Crippen LogP contribution in [0.5, 0.6) is 0 Å². The van der Waals surface area contributed by atoms with Crippen LogP contribution in [0.4, 0.5) is 0 Å². The molecule has 0 amide bonds. The summed E-state index contributed by atoms with van der Waals surface area (Å²) >= 11 is 0. The molecule has 0 radical (unpaired) electrons. The molecule has 0 spiro atoms. The first-order valence-corrected chi connectivity index (χ1v) is 3.39. The van der Waals surface area contributed by atoms with Gasteiger partial charge in [-0.25, -0.2) is 4.99 Å². The minimum absolute atomic E-state index is 0.768. The van der Waals surface area contributed by atoms with E-state index in [1.165, 1.54) is 0 Å². The maximum atomic E-state index is 3.87. The Labute approximate surface area is 63.4 Å². The SMILES string of the molecule is C=CC=NC(C)=NC.CC. The fraction of sp³-hybridized carbons (Fsp3) is 0.500. The predicted octanol–water partition coefficient (Wildman–Crippen LogP) is 2.32. The highest BCUT2D eigenvalue weighted by molar-refractivity contribution is 5.90. The van der Waals surface area contributed by atoms with E-state index in [2.05, 4.69) is 16.6 Å². The van der Waals surface area contributed by atoms with Crippen molar-refractivity contribution in [2.45, 2.75) is 20.8 Å². The zero-order valence-corrected chi connectivity index (χ0v) is 7.26. The van der Waals surface area contributed by atoms with Crippen LogP contribution in [0.25, 0.3) is 0 Å². The molecule has 2 heteroatoms. The molecule has 10 heavy (non-hydrogen) atoms. The summed E-state index contributed by atoms with van der Waals surface area (Å²) in [4.78, 5) is 7.66. The maximum Gasteiger partial charge on any atom is 0.119 e. The molecule has 0 saturated carbocycles. The van der Waals surface area contributed by atoms with Gasteiger partial charge in [0, 0.05) is 13.3 Å². The molecule has 0 aromatic rings. The van der Waals surface area contributed by atoms with Crippen molar-refractivity contribution in [3.8, 4) is 0 Å². The van der Waals surface area contributed by atoms with Crippen LogP contribution < -0.4 is 0 Å². The van der Waals surface area contributed by atoms with Crippen LogP contribution >= 0.6 is 0 Å². The van der Waals surface area contributed by atoms with E-state index in [-0.39, 0.29) is 0 Å². The van der Waals surface area contributed by atoms with Crippen molar-refractivity contribution in [2.24, 2.45) is 9.98 Å². The molecule has 0 fully saturated rings. The molecule has 2 nitrogen and oxygen atoms in total. The summed E-state index contributed by atoms with van der Waals surface area (Å²) < 4.78 is 0. The summed E-state index contributed by atoms with van der Waals surface area (Å²) in [6.07, 6.45) is 3.23. The van der Waals surface area contributed by atoms with Crippen LogP contribution in [-0.4, -0.2) is 19.1 Å². The summed E-state index contributed by atoms with van der Waals surface area (Å²) in [6, 6.07) is 0. The first-order valence-electron chi connectivity index (χ1n) is 3.39. The monoisotopic (exact) mass is 140 g/mol. The minimum atomic E-state index is 0.768. The molecule has 0 aliphatic heterocycles. The molecule has 0 heterocycles. The van der Waals surface area contributed by atoms with E-state index in [0.29, 0.717) is 0 Å². The maximum absolute atomic E-state index is 3.87. The van der Waals surface area contributed by atoms with Gasteiger partial charge >= 0.3 is 0 Å². The summed E-state index contributed by atoms with van der Waals surface area (Å²) in [5.74, 6) is 0.768. The van der Waals surface area contributed by atoms with E-state index in [1.54, 1.807) is 19.3 Å². The molecular weight excluding hydrogens is 124 g/mol. The summed E-state index contributed by atoms with van der Waals surface area (Å²) in [5, 5.41) is 0. The number of hydrogen-bond donors (Lipinski definition) is 0. The Morgan fingerprint density at radius 3 is 2.20 bits per heavy atom. The molecule has 0 aliphatic carbocycles. The molecule has 58 valence electrons. The highest BCUT2D eigenvalue weighted by Gasteiger charge is 1.73. The predicted molar refractivity (Wildman–Crippen MR) is 49.1 cm³/mol. The fourth-order valence-corrected chi connectivity index (χ4v) is 0.218. The molecule has 0 N–H and O–H groups in total. The summed E-state index contributed by atoms with van der Waals surface area (Å²) in [5.41, 5.74) is 0. The Kier molecular flexibility index (Phi) is 13.0. The Hall–Kier alpha value is -0.920. The van der Waals surface area contributed by atoms with Gasteiger partial charge in [0.15, 0.2) is 0 Å². The van der Waals surface area contributed by atoms with Crippen molar-refractivity contribution in [2.75, 3.05) is 7.05 Å². The van der Waals surface area contributed by atoms with Crippen molar-refractivity contribution in [3.63, 3.8) is 0 Å². The molecule has 0 rings (SSSR count). The van der Waals surface area contributed by atoms with Gasteiger partial charge in [-0.1, -0.05) is 26.5 Å². The lowest BCUT2D eigenvalue weighted by Gasteiger charge is -1.81. The van der Waals surface area contributed by atoms with Gasteiger partial charge in [0.2, 0.25) is 0 Å². The topological polar surface area (TPSA) is 24.7 Å². The Morgan fingerprint density at radius 1 is 1.40 bits per heavy atom. The first kappa shape index (κ1) is 11.8. The van der Waals surface area contributed by atoms with Crippen LogP contribution in [0.2, 0.25) is 0 Å². The number of aliphatic imine (C=N–C) groups is 2. The second kappa shape index (κ2) is 11.0. The molecule has 0 bridgehead atoms. The largest absolute Gasteiger partial charge is 0.274 e. The van der Waals surface area contributed by atoms with Crippen LogP contribution in [0.15, 0.2) is 22.6 Å². The third-order valence-electron chi connectivity index (χ3n) is 0.690. The summed E-state index contributed by atoms with van der Waals surface area (Å²) in [7, 11) is 1.70. The molecular formula is C8H16N2. The fourth-order valence-electron chi connectivity index (χ4n) is 0.218. The van der Waals surface area contributed by atoms with Gasteiger partial charge in [-0.2, -0.15) is 0 Å². The van der Waals surface area contributed by atoms with Crippen LogP contribution in [0, 0.1) is 0 Å². The van der Waals surface area contributed by atoms with Crippen molar-refractivity contribution in [1.82, 2.24) is 0 Å². The van der Waals surface area contributed by atoms with Crippen LogP contribution in [-0.2, 0) is 0 Å². The molecule has 0 aromatic heterocycles. The van der Waals surface area contributed by atoms with Crippen molar-refractivity contribution in [1.29, 1.82) is 0 Å². The highest BCUT2D eigenvalue weighted by atomic mass is 14.9. The molecule has 0 aromatic carbocycles. The van der Waals surface area contributed by atoms with E-state index in [4.69, 9.17) is 0 Å². The number of hydrogen-bond acceptors (Lipinski definition) is 1. The molecule has 0 saturated heterocycles. The van der Waals surface area contributed by atoms with E-state index < -0.39 is 0 Å². The van der Waals surface area contributed by atoms with Gasteiger partial charge < -0.3 is 0 Å². The highest BCUT2D eigenvalue weighted by Crippen LogP contribution is 1.73. The van der Waals surface area contributed by atoms with Gasteiger partial charge in [-0.05, 0) is 6.92 Å². The van der Waals surface area contributed by atoms with Gasteiger partial charge in [-0.3, -0.25) is 4.99 Å². The third kappa shape index (κ3) is 10.1. The van der Waals surface area contributed by atoms with Gasteiger partial charge in [0.1, 0.15) is 5.84 Å². The average Bonchev–Trinajstić information content (AvgIpc) is 2.04. The lowest BCUT2D eigenvalue weighted by molar-refractivity contribution is 1.38. The van der Waals surface area contributed by atoms with Crippen molar-refractivity contribution < 1.29 is 0 Å². The van der Waals surface area contributed by atoms with Crippen molar-refractivity contribution in [3.05, 3.63) is 12.7 Å². The van der Waals surface area contributed by atoms with Gasteiger partial charge in [0.05, 0.1) is 0 Å². The summed E-state index contributed by atoms with van der Waals surface area (Å²) in [6.45, 7) is 9.30. The normalized spacial score (nSPS) is 10.6. The van der Waals surface area contributed by atoms with E-state index >= 15 is 0 Å². The zero-order chi connectivity index (χ0) is 8.41. The molecule has 0 atom stereocenters. The Morgan fingerprint density at radius 2 is 1.90 bits per heavy atom. The molecule has 0 unspecified atom stereocenters. The van der Waals surface area contributed by atoms with E-state index in [1.807, 2.05) is 20.8 Å². The Balaban J connectivity index is 0. The smallest absolute Gasteiger partial charge is 0.119 e. The standard InChI is InChI=1S/C6H10N2.C2H6/c1-4-5-8-6(2)7-3;1-2/h4-5H,1H2,2-3H3;1-2H3. The minimum Gasteiger partial charge on any atom is -0.274 e. The lowest BCUT2D eigenvalue weighted by Crippen LogP contribution is -1.82. The van der Waals surface area contributed by atoms with Gasteiger partial charge in [0.25, 0.3) is 0 Å². The van der Waals surface area contributed by atoms with E-state index in [9.17, 15) is 0 Å². The zero-order valence-electron chi connectivity index (χ0n) is 7.26. The Bertz CT molecular complexity index is 123. The second-order valence-corrected chi connectivity index (χ2v) is 1.28.